The molecule has 1 spiro atoms. The molecule has 4 rings (SSSR count). The number of urea groups is 1. The van der Waals surface area contributed by atoms with Crippen molar-refractivity contribution in [1.82, 2.24) is 4.90 Å². The summed E-state index contributed by atoms with van der Waals surface area (Å²) in [5.74, 6) is 0.565. The molecule has 0 aromatic heterocycles. The van der Waals surface area contributed by atoms with Gasteiger partial charge in [0.05, 0.1) is 5.69 Å². The second-order valence-electron chi connectivity index (χ2n) is 6.79. The highest BCUT2D eigenvalue weighted by molar-refractivity contribution is 5.91. The average molecular weight is 386 g/mol. The monoisotopic (exact) mass is 386 g/mol. The first kappa shape index (κ1) is 18.1. The molecule has 7 nitrogen and oxygen atoms in total. The number of likely N-dealkylation sites (tertiary alicyclic amines) is 1. The number of amides is 2. The molecule has 0 radical (unpaired) electrons. The van der Waals surface area contributed by atoms with E-state index in [2.05, 4.69) is 5.32 Å². The quantitative estimate of drug-likeness (QED) is 0.802. The molecule has 2 amide bonds. The summed E-state index contributed by atoms with van der Waals surface area (Å²) in [7, 11) is 0. The molecule has 8 heteroatoms. The Labute approximate surface area is 161 Å². The number of piperidine rings is 1. The molecular formula is C20H19FN2O5. The van der Waals surface area contributed by atoms with Crippen LogP contribution in [0.25, 0.3) is 0 Å². The summed E-state index contributed by atoms with van der Waals surface area (Å²) >= 11 is 0. The van der Waals surface area contributed by atoms with Crippen molar-refractivity contribution in [3.05, 3.63) is 54.3 Å². The van der Waals surface area contributed by atoms with E-state index in [1.807, 2.05) is 0 Å². The molecule has 28 heavy (non-hydrogen) atoms. The molecule has 2 heterocycles. The number of halogens is 1. The van der Waals surface area contributed by atoms with Crippen LogP contribution >= 0.6 is 0 Å². The molecule has 2 aromatic rings. The first-order valence-electron chi connectivity index (χ1n) is 8.97. The van der Waals surface area contributed by atoms with Crippen molar-refractivity contribution in [2.75, 3.05) is 25.0 Å². The molecule has 0 atom stereocenters. The van der Waals surface area contributed by atoms with E-state index in [-0.39, 0.29) is 18.5 Å². The van der Waals surface area contributed by atoms with Gasteiger partial charge in [-0.25, -0.2) is 14.0 Å². The average Bonchev–Trinajstić information content (AvgIpc) is 3.05. The minimum atomic E-state index is -0.648. The normalized spacial score (nSPS) is 17.8. The molecule has 0 aliphatic carbocycles. The summed E-state index contributed by atoms with van der Waals surface area (Å²) in [5.41, 5.74) is -0.106. The van der Waals surface area contributed by atoms with E-state index in [9.17, 15) is 14.0 Å². The van der Waals surface area contributed by atoms with Crippen molar-refractivity contribution in [3.63, 3.8) is 0 Å². The Kier molecular flexibility index (Phi) is 4.77. The Bertz CT molecular complexity index is 878. The zero-order valence-corrected chi connectivity index (χ0v) is 15.0. The van der Waals surface area contributed by atoms with Gasteiger partial charge in [0.15, 0.2) is 11.4 Å². The minimum Gasteiger partial charge on any atom is -0.455 e. The van der Waals surface area contributed by atoms with Gasteiger partial charge in [-0.1, -0.05) is 12.1 Å². The molecule has 146 valence electrons. The predicted octanol–water partition coefficient (Wildman–Crippen LogP) is 4.15. The summed E-state index contributed by atoms with van der Waals surface area (Å²) in [6.45, 7) is 1.13. The van der Waals surface area contributed by atoms with Crippen LogP contribution in [0.2, 0.25) is 0 Å². The van der Waals surface area contributed by atoms with E-state index in [0.29, 0.717) is 43.1 Å². The van der Waals surface area contributed by atoms with Gasteiger partial charge in [0.2, 0.25) is 0 Å². The van der Waals surface area contributed by atoms with Crippen molar-refractivity contribution in [2.24, 2.45) is 0 Å². The Morgan fingerprint density at radius 1 is 1.11 bits per heavy atom. The lowest BCUT2D eigenvalue weighted by Gasteiger charge is -2.36. The van der Waals surface area contributed by atoms with Gasteiger partial charge in [-0.2, -0.15) is 0 Å². The van der Waals surface area contributed by atoms with Crippen molar-refractivity contribution in [3.8, 4) is 11.5 Å². The van der Waals surface area contributed by atoms with E-state index < -0.39 is 11.8 Å². The largest absolute Gasteiger partial charge is 0.509 e. The van der Waals surface area contributed by atoms with Crippen molar-refractivity contribution >= 4 is 17.9 Å². The number of hydrogen-bond donors (Lipinski definition) is 1. The molecule has 2 saturated heterocycles. The van der Waals surface area contributed by atoms with Gasteiger partial charge in [0.1, 0.15) is 18.2 Å². The van der Waals surface area contributed by atoms with Gasteiger partial charge in [0, 0.05) is 25.9 Å². The number of rotatable bonds is 3. The highest BCUT2D eigenvalue weighted by atomic mass is 19.1. The Hall–Kier alpha value is -3.29. The molecule has 2 aromatic carbocycles. The number of carbonyl (C=O) groups excluding carboxylic acids is 2. The van der Waals surface area contributed by atoms with Crippen molar-refractivity contribution in [2.45, 2.75) is 18.4 Å². The van der Waals surface area contributed by atoms with Gasteiger partial charge in [-0.3, -0.25) is 0 Å². The number of cyclic esters (lactones) is 1. The topological polar surface area (TPSA) is 77.1 Å². The van der Waals surface area contributed by atoms with Crippen LogP contribution in [0.3, 0.4) is 0 Å². The zero-order valence-electron chi connectivity index (χ0n) is 15.0. The highest BCUT2D eigenvalue weighted by Gasteiger charge is 2.45. The fourth-order valence-corrected chi connectivity index (χ4v) is 3.27. The zero-order chi connectivity index (χ0) is 19.6. The van der Waals surface area contributed by atoms with Crippen LogP contribution in [-0.4, -0.2) is 42.4 Å². The van der Waals surface area contributed by atoms with Crippen LogP contribution in [0, 0.1) is 5.82 Å². The van der Waals surface area contributed by atoms with E-state index in [4.69, 9.17) is 14.2 Å². The number of para-hydroxylation sites is 2. The van der Waals surface area contributed by atoms with Crippen LogP contribution in [0.5, 0.6) is 11.5 Å². The lowest BCUT2D eigenvalue weighted by atomic mass is 9.92. The van der Waals surface area contributed by atoms with E-state index in [0.717, 1.165) is 0 Å². The van der Waals surface area contributed by atoms with Crippen LogP contribution in [0.15, 0.2) is 48.5 Å². The van der Waals surface area contributed by atoms with E-state index in [1.54, 1.807) is 29.2 Å². The number of hydrogen-bond acceptors (Lipinski definition) is 5. The number of nitrogens with zero attached hydrogens (tertiary/aromatic N) is 1. The van der Waals surface area contributed by atoms with Crippen LogP contribution in [0.1, 0.15) is 12.8 Å². The number of carbonyl (C=O) groups is 2. The van der Waals surface area contributed by atoms with Gasteiger partial charge in [-0.15, -0.1) is 0 Å². The Morgan fingerprint density at radius 3 is 2.50 bits per heavy atom. The van der Waals surface area contributed by atoms with Crippen molar-refractivity contribution in [1.29, 1.82) is 0 Å². The van der Waals surface area contributed by atoms with E-state index >= 15 is 0 Å². The summed E-state index contributed by atoms with van der Waals surface area (Å²) in [4.78, 5) is 25.5. The standard InChI is InChI=1S/C20H19FN2O5/c21-14-5-7-15(8-6-14)27-17-4-2-1-3-16(17)22-18(24)23-11-9-20(10-12-23)13-26-19(25)28-20/h1-8H,9-13H2,(H,22,24). The van der Waals surface area contributed by atoms with Crippen LogP contribution in [-0.2, 0) is 9.47 Å². The van der Waals surface area contributed by atoms with Crippen molar-refractivity contribution < 1.29 is 28.2 Å². The maximum Gasteiger partial charge on any atom is 0.509 e. The second kappa shape index (κ2) is 7.38. The minimum absolute atomic E-state index is 0.232. The van der Waals surface area contributed by atoms with Crippen LogP contribution in [0.4, 0.5) is 19.7 Å². The third-order valence-corrected chi connectivity index (χ3v) is 4.88. The second-order valence-corrected chi connectivity index (χ2v) is 6.79. The lowest BCUT2D eigenvalue weighted by molar-refractivity contribution is 0.0106. The first-order valence-corrected chi connectivity index (χ1v) is 8.97. The third kappa shape index (κ3) is 3.85. The Morgan fingerprint density at radius 2 is 1.82 bits per heavy atom. The molecular weight excluding hydrogens is 367 g/mol. The molecule has 2 fully saturated rings. The van der Waals surface area contributed by atoms with Gasteiger partial charge in [0.25, 0.3) is 0 Å². The fraction of sp³-hybridized carbons (Fsp3) is 0.300. The molecule has 0 bridgehead atoms. The van der Waals surface area contributed by atoms with Gasteiger partial charge in [-0.05, 0) is 36.4 Å². The van der Waals surface area contributed by atoms with E-state index in [1.165, 1.54) is 24.3 Å². The third-order valence-electron chi connectivity index (χ3n) is 4.88. The molecule has 2 aliphatic rings. The molecule has 0 unspecified atom stereocenters. The first-order chi connectivity index (χ1) is 13.5. The SMILES string of the molecule is O=C1OCC2(CCN(C(=O)Nc3ccccc3Oc3ccc(F)cc3)CC2)O1. The summed E-state index contributed by atoms with van der Waals surface area (Å²) in [5, 5.41) is 2.85. The number of nitrogens with one attached hydrogen (secondary N) is 1. The Balaban J connectivity index is 1.40. The van der Waals surface area contributed by atoms with Gasteiger partial charge >= 0.3 is 12.2 Å². The fourth-order valence-electron chi connectivity index (χ4n) is 3.27. The number of benzene rings is 2. The number of anilines is 1. The van der Waals surface area contributed by atoms with Gasteiger partial charge < -0.3 is 24.4 Å². The summed E-state index contributed by atoms with van der Waals surface area (Å²) in [6.07, 6.45) is 0.407. The molecule has 1 N–H and O–H groups in total. The smallest absolute Gasteiger partial charge is 0.455 e. The lowest BCUT2D eigenvalue weighted by Crippen LogP contribution is -2.49. The predicted molar refractivity (Wildman–Crippen MR) is 97.9 cm³/mol. The number of ether oxygens (including phenoxy) is 3. The van der Waals surface area contributed by atoms with Crippen LogP contribution < -0.4 is 10.1 Å². The summed E-state index contributed by atoms with van der Waals surface area (Å²) in [6, 6.07) is 12.4. The highest BCUT2D eigenvalue weighted by Crippen LogP contribution is 2.33. The summed E-state index contributed by atoms with van der Waals surface area (Å²) < 4.78 is 29.0. The maximum absolute atomic E-state index is 13.1. The molecule has 0 saturated carbocycles. The molecule has 2 aliphatic heterocycles. The maximum atomic E-state index is 13.1.